The molecule has 1 saturated heterocycles. The van der Waals surface area contributed by atoms with Gasteiger partial charge in [-0.2, -0.15) is 0 Å². The molecule has 4 N–H and O–H groups in total. The van der Waals surface area contributed by atoms with Gasteiger partial charge in [0.05, 0.1) is 49.4 Å². The number of nitrogens with zero attached hydrogens (tertiary/aromatic N) is 6. The van der Waals surface area contributed by atoms with Crippen LogP contribution in [-0.2, 0) is 4.74 Å². The van der Waals surface area contributed by atoms with Gasteiger partial charge in [0.2, 0.25) is 11.8 Å². The third-order valence-corrected chi connectivity index (χ3v) is 9.49. The quantitative estimate of drug-likeness (QED) is 0.154. The van der Waals surface area contributed by atoms with Crippen LogP contribution in [0.1, 0.15) is 50.5 Å². The van der Waals surface area contributed by atoms with Crippen molar-refractivity contribution in [1.82, 2.24) is 29.9 Å². The van der Waals surface area contributed by atoms with E-state index in [4.69, 9.17) is 25.7 Å². The minimum absolute atomic E-state index is 0.0527. The Labute approximate surface area is 318 Å². The van der Waals surface area contributed by atoms with Gasteiger partial charge in [0.15, 0.2) is 0 Å². The molecule has 0 amide bonds. The van der Waals surface area contributed by atoms with Crippen LogP contribution >= 0.6 is 0 Å². The maximum absolute atomic E-state index is 14.8. The second kappa shape index (κ2) is 17.4. The van der Waals surface area contributed by atoms with Crippen LogP contribution in [0, 0.1) is 18.6 Å². The molecule has 13 heteroatoms. The van der Waals surface area contributed by atoms with E-state index >= 15 is 0 Å². The van der Waals surface area contributed by atoms with E-state index in [0.717, 1.165) is 47.9 Å². The number of ether oxygens (including phenoxy) is 3. The lowest BCUT2D eigenvalue weighted by Crippen LogP contribution is -2.26. The first-order chi connectivity index (χ1) is 26.8. The molecule has 0 radical (unpaired) electrons. The molecule has 8 rings (SSSR count). The molecule has 11 nitrogen and oxygen atoms in total. The number of pyridine rings is 2. The molecule has 0 atom stereocenters. The molecule has 2 fully saturated rings. The first-order valence-electron chi connectivity index (χ1n) is 18.4. The summed E-state index contributed by atoms with van der Waals surface area (Å²) in [7, 11) is 0. The number of aromatic nitrogens is 6. The first kappa shape index (κ1) is 37.2. The number of nitrogen functional groups attached to an aromatic ring is 2. The Morgan fingerprint density at radius 2 is 1.15 bits per heavy atom. The molecule has 0 spiro atoms. The standard InChI is InChI=1S/C21H21FN4O2.C21H21FN4O/c1-13-8-17(21(26-10-13)28-15-4-6-27-7-5-15)14-2-3-16(18(22)9-14)19-11-25-20(23)12-24-19;22-18-11-14(8-9-17(18)19-12-26-20(23)13-25-19)16-7-4-10-24-21(16)27-15-5-2-1-3-6-15/h2-3,8-12,15H,4-7H2,1H3,(H2,23,25);4,7-13,15H,1-3,5-6H2,(H2,23,26). The Hall–Kier alpha value is -6.08. The molecule has 0 unspecified atom stereocenters. The molecule has 1 aliphatic carbocycles. The summed E-state index contributed by atoms with van der Waals surface area (Å²) in [5.74, 6) is 0.895. The van der Waals surface area contributed by atoms with Gasteiger partial charge < -0.3 is 25.7 Å². The summed E-state index contributed by atoms with van der Waals surface area (Å²) in [4.78, 5) is 25.1. The molecule has 5 heterocycles. The predicted octanol–water partition coefficient (Wildman–Crippen LogP) is 8.43. The Kier molecular flexibility index (Phi) is 11.8. The van der Waals surface area contributed by atoms with Crippen LogP contribution in [0.2, 0.25) is 0 Å². The molecular formula is C42H42F2N8O3. The second-order valence-electron chi connectivity index (χ2n) is 13.6. The highest BCUT2D eigenvalue weighted by Crippen LogP contribution is 2.35. The summed E-state index contributed by atoms with van der Waals surface area (Å²) < 4.78 is 47.2. The molecule has 2 aliphatic rings. The largest absolute Gasteiger partial charge is 0.474 e. The Morgan fingerprint density at radius 3 is 1.71 bits per heavy atom. The third kappa shape index (κ3) is 9.36. The van der Waals surface area contributed by atoms with E-state index in [9.17, 15) is 8.78 Å². The van der Waals surface area contributed by atoms with E-state index in [1.807, 2.05) is 37.3 Å². The second-order valence-corrected chi connectivity index (χ2v) is 13.6. The number of hydrogen-bond acceptors (Lipinski definition) is 11. The van der Waals surface area contributed by atoms with E-state index in [-0.39, 0.29) is 18.0 Å². The van der Waals surface area contributed by atoms with E-state index < -0.39 is 5.82 Å². The molecule has 282 valence electrons. The lowest BCUT2D eigenvalue weighted by molar-refractivity contribution is 0.0240. The molecular weight excluding hydrogens is 703 g/mol. The van der Waals surface area contributed by atoms with Crippen LogP contribution in [0.5, 0.6) is 11.8 Å². The van der Waals surface area contributed by atoms with Crippen LogP contribution in [0.4, 0.5) is 20.4 Å². The fraction of sp³-hybridized carbons (Fsp3) is 0.286. The normalized spacial score (nSPS) is 14.8. The van der Waals surface area contributed by atoms with E-state index in [2.05, 4.69) is 29.9 Å². The number of aryl methyl sites for hydroxylation is 1. The molecule has 55 heavy (non-hydrogen) atoms. The zero-order valence-corrected chi connectivity index (χ0v) is 30.5. The van der Waals surface area contributed by atoms with Crippen molar-refractivity contribution in [3.05, 3.63) is 109 Å². The minimum Gasteiger partial charge on any atom is -0.474 e. The van der Waals surface area contributed by atoms with E-state index in [1.165, 1.54) is 56.2 Å². The zero-order chi connectivity index (χ0) is 38.1. The summed E-state index contributed by atoms with van der Waals surface area (Å²) in [5.41, 5.74) is 16.7. The highest BCUT2D eigenvalue weighted by molar-refractivity contribution is 5.74. The molecule has 1 saturated carbocycles. The smallest absolute Gasteiger partial charge is 0.221 e. The lowest BCUT2D eigenvalue weighted by atomic mass is 9.97. The third-order valence-electron chi connectivity index (χ3n) is 9.49. The maximum atomic E-state index is 14.8. The lowest BCUT2D eigenvalue weighted by Gasteiger charge is -2.24. The van der Waals surface area contributed by atoms with Gasteiger partial charge >= 0.3 is 0 Å². The SMILES string of the molecule is Cc1cnc(OC2CCOCC2)c(-c2ccc(-c3cnc(N)cn3)c(F)c2)c1.Nc1cnc(-c2ccc(-c3cccnc3OC3CCCCC3)cc2F)cn1. The van der Waals surface area contributed by atoms with Crippen molar-refractivity contribution in [1.29, 1.82) is 0 Å². The van der Waals surface area contributed by atoms with Gasteiger partial charge in [0.25, 0.3) is 0 Å². The molecule has 1 aliphatic heterocycles. The average Bonchev–Trinajstić information content (AvgIpc) is 3.21. The van der Waals surface area contributed by atoms with Gasteiger partial charge in [-0.15, -0.1) is 0 Å². The number of rotatable bonds is 8. The van der Waals surface area contributed by atoms with Crippen LogP contribution in [-0.4, -0.2) is 55.3 Å². The van der Waals surface area contributed by atoms with Crippen molar-refractivity contribution >= 4 is 11.6 Å². The Bertz CT molecular complexity index is 2210. The topological polar surface area (TPSA) is 157 Å². The van der Waals surface area contributed by atoms with Crippen LogP contribution < -0.4 is 20.9 Å². The number of benzene rings is 2. The van der Waals surface area contributed by atoms with Gasteiger partial charge in [-0.3, -0.25) is 9.97 Å². The maximum Gasteiger partial charge on any atom is 0.221 e. The highest BCUT2D eigenvalue weighted by Gasteiger charge is 2.21. The number of anilines is 2. The van der Waals surface area contributed by atoms with Gasteiger partial charge in [-0.25, -0.2) is 28.7 Å². The van der Waals surface area contributed by atoms with Crippen LogP contribution in [0.25, 0.3) is 44.8 Å². The van der Waals surface area contributed by atoms with Crippen molar-refractivity contribution in [2.75, 3.05) is 24.7 Å². The van der Waals surface area contributed by atoms with E-state index in [0.29, 0.717) is 64.7 Å². The fourth-order valence-electron chi connectivity index (χ4n) is 6.59. The van der Waals surface area contributed by atoms with Crippen molar-refractivity contribution in [3.63, 3.8) is 0 Å². The van der Waals surface area contributed by atoms with Gasteiger partial charge in [-0.05, 0) is 91.8 Å². The minimum atomic E-state index is -0.393. The highest BCUT2D eigenvalue weighted by atomic mass is 19.1. The fourth-order valence-corrected chi connectivity index (χ4v) is 6.59. The summed E-state index contributed by atoms with van der Waals surface area (Å²) in [6, 6.07) is 15.7. The van der Waals surface area contributed by atoms with Gasteiger partial charge in [0.1, 0.15) is 35.5 Å². The van der Waals surface area contributed by atoms with Crippen molar-refractivity contribution < 1.29 is 23.0 Å². The summed E-state index contributed by atoms with van der Waals surface area (Å²) in [6.07, 6.45) is 16.8. The van der Waals surface area contributed by atoms with Crippen LogP contribution in [0.15, 0.2) is 91.8 Å². The number of halogens is 2. The van der Waals surface area contributed by atoms with Gasteiger partial charge in [0, 0.05) is 47.5 Å². The number of nitrogens with two attached hydrogens (primary N) is 2. The zero-order valence-electron chi connectivity index (χ0n) is 30.5. The monoisotopic (exact) mass is 744 g/mol. The summed E-state index contributed by atoms with van der Waals surface area (Å²) >= 11 is 0. The summed E-state index contributed by atoms with van der Waals surface area (Å²) in [6.45, 7) is 3.30. The van der Waals surface area contributed by atoms with Crippen LogP contribution in [0.3, 0.4) is 0 Å². The van der Waals surface area contributed by atoms with Crippen molar-refractivity contribution in [2.24, 2.45) is 0 Å². The van der Waals surface area contributed by atoms with Gasteiger partial charge in [-0.1, -0.05) is 18.6 Å². The molecule has 0 bridgehead atoms. The molecule has 6 aromatic rings. The molecule has 2 aromatic carbocycles. The van der Waals surface area contributed by atoms with Crippen molar-refractivity contribution in [3.8, 4) is 56.5 Å². The number of hydrogen-bond donors (Lipinski definition) is 2. The molecule has 4 aromatic heterocycles. The Morgan fingerprint density at radius 1 is 0.582 bits per heavy atom. The van der Waals surface area contributed by atoms with Crippen molar-refractivity contribution in [2.45, 2.75) is 64.1 Å². The summed E-state index contributed by atoms with van der Waals surface area (Å²) in [5, 5.41) is 0. The first-order valence-corrected chi connectivity index (χ1v) is 18.4. The predicted molar refractivity (Wildman–Crippen MR) is 207 cm³/mol. The Balaban J connectivity index is 0.000000169. The average molecular weight is 745 g/mol. The van der Waals surface area contributed by atoms with E-state index in [1.54, 1.807) is 24.5 Å².